The molecule has 31 heavy (non-hydrogen) atoms. The molecule has 3 aromatic carbocycles. The molecule has 0 aromatic heterocycles. The minimum absolute atomic E-state index is 0.243. The molecule has 1 aliphatic heterocycles. The Kier molecular flexibility index (Phi) is 7.78. The predicted octanol–water partition coefficient (Wildman–Crippen LogP) is 6.20. The number of anilines is 1. The van der Waals surface area contributed by atoms with Gasteiger partial charge in [-0.1, -0.05) is 12.1 Å². The molecule has 4 nitrogen and oxygen atoms in total. The summed E-state index contributed by atoms with van der Waals surface area (Å²) < 4.78 is 26.5. The highest BCUT2D eigenvalue weighted by molar-refractivity contribution is 14.1. The zero-order valence-electron chi connectivity index (χ0n) is 16.7. The summed E-state index contributed by atoms with van der Waals surface area (Å²) in [7, 11) is 0. The van der Waals surface area contributed by atoms with Crippen molar-refractivity contribution in [3.8, 4) is 5.75 Å². The van der Waals surface area contributed by atoms with Crippen LogP contribution in [0, 0.1) is 13.0 Å². The van der Waals surface area contributed by atoms with E-state index in [1.807, 2.05) is 30.5 Å². The molecule has 0 bridgehead atoms. The van der Waals surface area contributed by atoms with E-state index >= 15 is 0 Å². The molecular weight excluding hydrogens is 621 g/mol. The molecule has 0 radical (unpaired) electrons. The molecule has 0 saturated carbocycles. The Bertz CT molecular complexity index is 1030. The van der Waals surface area contributed by atoms with E-state index in [1.54, 1.807) is 12.1 Å². The van der Waals surface area contributed by atoms with E-state index in [0.717, 1.165) is 56.0 Å². The molecule has 3 aromatic rings. The van der Waals surface area contributed by atoms with Crippen LogP contribution in [0.5, 0.6) is 5.75 Å². The van der Waals surface area contributed by atoms with Crippen molar-refractivity contribution in [3.63, 3.8) is 0 Å². The van der Waals surface area contributed by atoms with Crippen molar-refractivity contribution >= 4 is 62.8 Å². The van der Waals surface area contributed by atoms with Crippen molar-refractivity contribution in [2.45, 2.75) is 6.61 Å². The van der Waals surface area contributed by atoms with Gasteiger partial charge in [0, 0.05) is 25.0 Å². The predicted molar refractivity (Wildman–Crippen MR) is 139 cm³/mol. The third kappa shape index (κ3) is 6.17. The van der Waals surface area contributed by atoms with Crippen molar-refractivity contribution in [2.75, 3.05) is 31.2 Å². The Morgan fingerprint density at radius 3 is 2.26 bits per heavy atom. The molecule has 1 saturated heterocycles. The van der Waals surface area contributed by atoms with Crippen LogP contribution in [0.3, 0.4) is 0 Å². The van der Waals surface area contributed by atoms with E-state index in [4.69, 9.17) is 9.47 Å². The number of hydrogen-bond acceptors (Lipinski definition) is 4. The van der Waals surface area contributed by atoms with Crippen LogP contribution in [-0.4, -0.2) is 32.5 Å². The summed E-state index contributed by atoms with van der Waals surface area (Å²) in [4.78, 5) is 6.95. The smallest absolute Gasteiger partial charge is 0.146 e. The Morgan fingerprint density at radius 1 is 0.968 bits per heavy atom. The maximum atomic E-state index is 13.1. The van der Waals surface area contributed by atoms with Crippen LogP contribution in [0.2, 0.25) is 0 Å². The summed E-state index contributed by atoms with van der Waals surface area (Å²) in [6, 6.07) is 18.8. The SMILES string of the molecule is Fc1ccc(COc2c(I)cc(C=Nc3ccc(N4CCOCC4)cc3)cc2I)cc1. The first-order valence-electron chi connectivity index (χ1n) is 9.91. The first-order chi connectivity index (χ1) is 15.1. The Hall–Kier alpha value is -1.72. The number of aliphatic imine (C=N–C) groups is 1. The summed E-state index contributed by atoms with van der Waals surface area (Å²) in [6.07, 6.45) is 1.87. The number of halogens is 3. The van der Waals surface area contributed by atoms with E-state index in [9.17, 15) is 4.39 Å². The second-order valence-corrected chi connectivity index (χ2v) is 9.43. The van der Waals surface area contributed by atoms with Gasteiger partial charge in [-0.15, -0.1) is 0 Å². The summed E-state index contributed by atoms with van der Waals surface area (Å²) in [5.41, 5.74) is 4.06. The molecule has 7 heteroatoms. The molecule has 1 heterocycles. The summed E-state index contributed by atoms with van der Waals surface area (Å²) in [5, 5.41) is 0. The monoisotopic (exact) mass is 642 g/mol. The fraction of sp³-hybridized carbons (Fsp3) is 0.208. The molecule has 0 spiro atoms. The zero-order valence-corrected chi connectivity index (χ0v) is 21.0. The lowest BCUT2D eigenvalue weighted by Crippen LogP contribution is -2.36. The molecular formula is C24H21FI2N2O2. The largest absolute Gasteiger partial charge is 0.487 e. The standard InChI is InChI=1S/C24H21FI2N2O2/c25-19-3-1-17(2-4-19)16-31-24-22(26)13-18(14-23(24)27)15-28-20-5-7-21(8-6-20)29-9-11-30-12-10-29/h1-8,13-15H,9-12,16H2. The van der Waals surface area contributed by atoms with Crippen LogP contribution in [0.1, 0.15) is 11.1 Å². The number of morpholine rings is 1. The van der Waals surface area contributed by atoms with E-state index < -0.39 is 0 Å². The van der Waals surface area contributed by atoms with Crippen molar-refractivity contribution in [2.24, 2.45) is 4.99 Å². The van der Waals surface area contributed by atoms with Crippen molar-refractivity contribution in [1.82, 2.24) is 0 Å². The maximum Gasteiger partial charge on any atom is 0.146 e. The van der Waals surface area contributed by atoms with Crippen molar-refractivity contribution < 1.29 is 13.9 Å². The number of benzene rings is 3. The molecule has 1 aliphatic rings. The Balaban J connectivity index is 1.41. The number of rotatable bonds is 6. The molecule has 160 valence electrons. The van der Waals surface area contributed by atoms with E-state index in [0.29, 0.717) is 6.61 Å². The van der Waals surface area contributed by atoms with Crippen LogP contribution < -0.4 is 9.64 Å². The van der Waals surface area contributed by atoms with Gasteiger partial charge in [0.1, 0.15) is 18.2 Å². The highest BCUT2D eigenvalue weighted by Gasteiger charge is 2.11. The van der Waals surface area contributed by atoms with Gasteiger partial charge in [-0.25, -0.2) is 4.39 Å². The van der Waals surface area contributed by atoms with Gasteiger partial charge in [-0.05, 0) is 105 Å². The van der Waals surface area contributed by atoms with Crippen molar-refractivity contribution in [1.29, 1.82) is 0 Å². The number of ether oxygens (including phenoxy) is 2. The molecule has 0 amide bonds. The summed E-state index contributed by atoms with van der Waals surface area (Å²) in [5.74, 6) is 0.588. The molecule has 0 N–H and O–H groups in total. The van der Waals surface area contributed by atoms with Gasteiger partial charge in [0.15, 0.2) is 0 Å². The summed E-state index contributed by atoms with van der Waals surface area (Å²) in [6.45, 7) is 3.81. The third-order valence-electron chi connectivity index (χ3n) is 4.91. The number of nitrogens with zero attached hydrogens (tertiary/aromatic N) is 2. The van der Waals surface area contributed by atoms with Crippen LogP contribution in [0.15, 0.2) is 65.7 Å². The fourth-order valence-electron chi connectivity index (χ4n) is 3.25. The normalized spacial score (nSPS) is 14.2. The molecule has 1 fully saturated rings. The Morgan fingerprint density at radius 2 is 1.61 bits per heavy atom. The van der Waals surface area contributed by atoms with E-state index in [-0.39, 0.29) is 5.82 Å². The second-order valence-electron chi connectivity index (χ2n) is 7.10. The first kappa shape index (κ1) is 22.5. The highest BCUT2D eigenvalue weighted by Crippen LogP contribution is 2.30. The minimum atomic E-state index is -0.243. The lowest BCUT2D eigenvalue weighted by atomic mass is 10.2. The zero-order chi connectivity index (χ0) is 21.6. The minimum Gasteiger partial charge on any atom is -0.487 e. The van der Waals surface area contributed by atoms with Gasteiger partial charge in [0.2, 0.25) is 0 Å². The van der Waals surface area contributed by atoms with E-state index in [2.05, 4.69) is 67.2 Å². The fourth-order valence-corrected chi connectivity index (χ4v) is 5.38. The van der Waals surface area contributed by atoms with Crippen LogP contribution in [0.25, 0.3) is 0 Å². The Labute approximate surface area is 208 Å². The van der Waals surface area contributed by atoms with Gasteiger partial charge < -0.3 is 14.4 Å². The van der Waals surface area contributed by atoms with E-state index in [1.165, 1.54) is 17.8 Å². The van der Waals surface area contributed by atoms with Gasteiger partial charge in [-0.3, -0.25) is 4.99 Å². The number of hydrogen-bond donors (Lipinski definition) is 0. The van der Waals surface area contributed by atoms with Gasteiger partial charge >= 0.3 is 0 Å². The lowest BCUT2D eigenvalue weighted by Gasteiger charge is -2.28. The second kappa shape index (κ2) is 10.7. The molecule has 4 rings (SSSR count). The van der Waals surface area contributed by atoms with Gasteiger partial charge in [0.05, 0.1) is 26.0 Å². The summed E-state index contributed by atoms with van der Waals surface area (Å²) >= 11 is 4.55. The molecule has 0 aliphatic carbocycles. The highest BCUT2D eigenvalue weighted by atomic mass is 127. The quantitative estimate of drug-likeness (QED) is 0.238. The molecule has 0 unspecified atom stereocenters. The molecule has 0 atom stereocenters. The van der Waals surface area contributed by atoms with Gasteiger partial charge in [0.25, 0.3) is 0 Å². The van der Waals surface area contributed by atoms with Crippen LogP contribution in [-0.2, 0) is 11.3 Å². The van der Waals surface area contributed by atoms with Gasteiger partial charge in [-0.2, -0.15) is 0 Å². The maximum absolute atomic E-state index is 13.1. The third-order valence-corrected chi connectivity index (χ3v) is 6.51. The van der Waals surface area contributed by atoms with Crippen LogP contribution >= 0.6 is 45.2 Å². The lowest BCUT2D eigenvalue weighted by molar-refractivity contribution is 0.122. The first-order valence-corrected chi connectivity index (χ1v) is 12.1. The van der Waals surface area contributed by atoms with Crippen molar-refractivity contribution in [3.05, 3.63) is 84.7 Å². The topological polar surface area (TPSA) is 34.1 Å². The average molecular weight is 642 g/mol. The van der Waals surface area contributed by atoms with Crippen LogP contribution in [0.4, 0.5) is 15.8 Å². The average Bonchev–Trinajstić information content (AvgIpc) is 2.79.